The summed E-state index contributed by atoms with van der Waals surface area (Å²) in [7, 11) is 4.31. The van der Waals surface area contributed by atoms with Gasteiger partial charge in [-0.3, -0.25) is 0 Å². The zero-order valence-electron chi connectivity index (χ0n) is 10.3. The fraction of sp³-hybridized carbons (Fsp3) is 0.667. The average Bonchev–Trinajstić information content (AvgIpc) is 2.30. The Bertz CT molecular complexity index is 333. The van der Waals surface area contributed by atoms with Crippen LogP contribution in [0, 0.1) is 6.92 Å². The van der Waals surface area contributed by atoms with Crippen LogP contribution in [0.2, 0.25) is 0 Å². The molecular weight excluding hydrogens is 200 g/mol. The number of hydrogen-bond donors (Lipinski definition) is 0. The Labute approximate surface area is 97.3 Å². The van der Waals surface area contributed by atoms with E-state index < -0.39 is 0 Å². The first kappa shape index (κ1) is 11.3. The summed E-state index contributed by atoms with van der Waals surface area (Å²) in [5.41, 5.74) is 1.15. The molecule has 1 aromatic rings. The predicted molar refractivity (Wildman–Crippen MR) is 65.7 cm³/mol. The van der Waals surface area contributed by atoms with Crippen LogP contribution >= 0.6 is 0 Å². The number of aryl methyl sites for hydroxylation is 1. The minimum atomic E-state index is 0.648. The lowest BCUT2D eigenvalue weighted by atomic mass is 10.0. The molecule has 0 aromatic carbocycles. The second kappa shape index (κ2) is 4.78. The topological polar surface area (TPSA) is 32.3 Å². The molecule has 0 saturated carbocycles. The van der Waals surface area contributed by atoms with Crippen molar-refractivity contribution < 1.29 is 0 Å². The molecule has 1 unspecified atom stereocenters. The highest BCUT2D eigenvalue weighted by atomic mass is 15.2. The zero-order valence-corrected chi connectivity index (χ0v) is 10.3. The highest BCUT2D eigenvalue weighted by Gasteiger charge is 2.21. The summed E-state index contributed by atoms with van der Waals surface area (Å²) in [6.45, 7) is 4.12. The van der Waals surface area contributed by atoms with Crippen molar-refractivity contribution in [3.63, 3.8) is 0 Å². The fourth-order valence-electron chi connectivity index (χ4n) is 2.16. The number of aromatic nitrogens is 2. The molecule has 1 fully saturated rings. The van der Waals surface area contributed by atoms with Crippen LogP contribution in [0.3, 0.4) is 0 Å². The second-order valence-corrected chi connectivity index (χ2v) is 4.69. The minimum Gasteiger partial charge on any atom is -0.367 e. The van der Waals surface area contributed by atoms with Gasteiger partial charge in [0.2, 0.25) is 0 Å². The van der Waals surface area contributed by atoms with Crippen LogP contribution in [0.1, 0.15) is 18.7 Å². The van der Waals surface area contributed by atoms with Gasteiger partial charge in [0.1, 0.15) is 5.82 Å². The van der Waals surface area contributed by atoms with E-state index in [-0.39, 0.29) is 0 Å². The third-order valence-corrected chi connectivity index (χ3v) is 3.26. The van der Waals surface area contributed by atoms with E-state index in [0.717, 1.165) is 24.6 Å². The SMILES string of the molecule is Cc1ncc(N2CCCC(N(C)C)C2)cn1. The van der Waals surface area contributed by atoms with Gasteiger partial charge in [0.05, 0.1) is 18.1 Å². The van der Waals surface area contributed by atoms with Crippen LogP contribution in [-0.2, 0) is 0 Å². The van der Waals surface area contributed by atoms with Crippen molar-refractivity contribution in [2.45, 2.75) is 25.8 Å². The summed E-state index contributed by atoms with van der Waals surface area (Å²) in [5.74, 6) is 0.838. The van der Waals surface area contributed by atoms with Crippen molar-refractivity contribution in [1.82, 2.24) is 14.9 Å². The van der Waals surface area contributed by atoms with Gasteiger partial charge in [-0.1, -0.05) is 0 Å². The zero-order chi connectivity index (χ0) is 11.5. The Kier molecular flexibility index (Phi) is 3.39. The molecule has 88 valence electrons. The highest BCUT2D eigenvalue weighted by molar-refractivity contribution is 5.42. The van der Waals surface area contributed by atoms with E-state index in [2.05, 4.69) is 33.9 Å². The Morgan fingerprint density at radius 2 is 2.00 bits per heavy atom. The Hall–Kier alpha value is -1.16. The quantitative estimate of drug-likeness (QED) is 0.752. The molecule has 1 aliphatic rings. The monoisotopic (exact) mass is 220 g/mol. The molecule has 1 saturated heterocycles. The van der Waals surface area contributed by atoms with Gasteiger partial charge in [0, 0.05) is 19.1 Å². The number of nitrogens with zero attached hydrogens (tertiary/aromatic N) is 4. The summed E-state index contributed by atoms with van der Waals surface area (Å²) in [6, 6.07) is 0.648. The third kappa shape index (κ3) is 2.50. The van der Waals surface area contributed by atoms with Gasteiger partial charge in [-0.25, -0.2) is 9.97 Å². The van der Waals surface area contributed by atoms with Crippen LogP contribution in [-0.4, -0.2) is 48.1 Å². The van der Waals surface area contributed by atoms with Crippen molar-refractivity contribution in [3.05, 3.63) is 18.2 Å². The predicted octanol–water partition coefficient (Wildman–Crippen LogP) is 1.32. The lowest BCUT2D eigenvalue weighted by molar-refractivity contribution is 0.258. The molecule has 1 atom stereocenters. The first-order valence-electron chi connectivity index (χ1n) is 5.87. The molecule has 0 N–H and O–H groups in total. The van der Waals surface area contributed by atoms with Gasteiger partial charge in [-0.05, 0) is 33.9 Å². The molecule has 0 radical (unpaired) electrons. The van der Waals surface area contributed by atoms with Crippen molar-refractivity contribution in [2.75, 3.05) is 32.1 Å². The van der Waals surface area contributed by atoms with Crippen LogP contribution < -0.4 is 4.90 Å². The van der Waals surface area contributed by atoms with Gasteiger partial charge in [-0.15, -0.1) is 0 Å². The van der Waals surface area contributed by atoms with Crippen molar-refractivity contribution in [1.29, 1.82) is 0 Å². The molecule has 0 amide bonds. The maximum atomic E-state index is 4.26. The lowest BCUT2D eigenvalue weighted by Crippen LogP contribution is -2.45. The summed E-state index contributed by atoms with van der Waals surface area (Å²) in [5, 5.41) is 0. The molecule has 0 spiro atoms. The van der Waals surface area contributed by atoms with Gasteiger partial charge in [0.25, 0.3) is 0 Å². The van der Waals surface area contributed by atoms with Crippen LogP contribution in [0.5, 0.6) is 0 Å². The summed E-state index contributed by atoms with van der Waals surface area (Å²) < 4.78 is 0. The van der Waals surface area contributed by atoms with Gasteiger partial charge in [0.15, 0.2) is 0 Å². The number of piperidine rings is 1. The summed E-state index contributed by atoms with van der Waals surface area (Å²) in [6.07, 6.45) is 6.40. The number of rotatable bonds is 2. The van der Waals surface area contributed by atoms with E-state index in [0.29, 0.717) is 6.04 Å². The van der Waals surface area contributed by atoms with Crippen molar-refractivity contribution in [2.24, 2.45) is 0 Å². The molecule has 4 nitrogen and oxygen atoms in total. The molecule has 0 aliphatic carbocycles. The van der Waals surface area contributed by atoms with Crippen LogP contribution in [0.25, 0.3) is 0 Å². The van der Waals surface area contributed by atoms with E-state index in [1.807, 2.05) is 19.3 Å². The number of anilines is 1. The molecular formula is C12H20N4. The van der Waals surface area contributed by atoms with E-state index in [9.17, 15) is 0 Å². The number of hydrogen-bond acceptors (Lipinski definition) is 4. The Morgan fingerprint density at radius 3 is 2.62 bits per heavy atom. The van der Waals surface area contributed by atoms with E-state index in [4.69, 9.17) is 0 Å². The fourth-order valence-corrected chi connectivity index (χ4v) is 2.16. The van der Waals surface area contributed by atoms with Gasteiger partial charge < -0.3 is 9.80 Å². The molecule has 4 heteroatoms. The minimum absolute atomic E-state index is 0.648. The van der Waals surface area contributed by atoms with Crippen molar-refractivity contribution in [3.8, 4) is 0 Å². The summed E-state index contributed by atoms with van der Waals surface area (Å²) in [4.78, 5) is 13.2. The molecule has 0 bridgehead atoms. The molecule has 16 heavy (non-hydrogen) atoms. The van der Waals surface area contributed by atoms with Crippen LogP contribution in [0.4, 0.5) is 5.69 Å². The van der Waals surface area contributed by atoms with E-state index in [1.54, 1.807) is 0 Å². The standard InChI is InChI=1S/C12H20N4/c1-10-13-7-12(8-14-10)16-6-4-5-11(9-16)15(2)3/h7-8,11H,4-6,9H2,1-3H3. The normalized spacial score (nSPS) is 21.5. The Balaban J connectivity index is 2.06. The molecule has 2 rings (SSSR count). The van der Waals surface area contributed by atoms with Gasteiger partial charge >= 0.3 is 0 Å². The van der Waals surface area contributed by atoms with E-state index in [1.165, 1.54) is 12.8 Å². The highest BCUT2D eigenvalue weighted by Crippen LogP contribution is 2.20. The maximum Gasteiger partial charge on any atom is 0.125 e. The second-order valence-electron chi connectivity index (χ2n) is 4.69. The van der Waals surface area contributed by atoms with E-state index >= 15 is 0 Å². The number of likely N-dealkylation sites (N-methyl/N-ethyl adjacent to an activating group) is 1. The maximum absolute atomic E-state index is 4.26. The smallest absolute Gasteiger partial charge is 0.125 e. The largest absolute Gasteiger partial charge is 0.367 e. The Morgan fingerprint density at radius 1 is 1.31 bits per heavy atom. The van der Waals surface area contributed by atoms with Crippen molar-refractivity contribution >= 4 is 5.69 Å². The first-order chi connectivity index (χ1) is 7.66. The summed E-state index contributed by atoms with van der Waals surface area (Å²) >= 11 is 0. The average molecular weight is 220 g/mol. The molecule has 1 aliphatic heterocycles. The lowest BCUT2D eigenvalue weighted by Gasteiger charge is -2.37. The molecule has 1 aromatic heterocycles. The van der Waals surface area contributed by atoms with Crippen LogP contribution in [0.15, 0.2) is 12.4 Å². The first-order valence-corrected chi connectivity index (χ1v) is 5.87. The molecule has 2 heterocycles. The van der Waals surface area contributed by atoms with Gasteiger partial charge in [-0.2, -0.15) is 0 Å². The third-order valence-electron chi connectivity index (χ3n) is 3.26.